The fourth-order valence-electron chi connectivity index (χ4n) is 10.4. The van der Waals surface area contributed by atoms with Crippen molar-refractivity contribution in [2.75, 3.05) is 20.8 Å². The van der Waals surface area contributed by atoms with Gasteiger partial charge >= 0.3 is 5.97 Å². The molecule has 1 spiro atoms. The van der Waals surface area contributed by atoms with Crippen LogP contribution in [0, 0.1) is 23.7 Å². The van der Waals surface area contributed by atoms with Crippen LogP contribution in [0.25, 0.3) is 0 Å². The average Bonchev–Trinajstić information content (AvgIpc) is 3.56. The summed E-state index contributed by atoms with van der Waals surface area (Å²) >= 11 is 0. The van der Waals surface area contributed by atoms with Crippen molar-refractivity contribution in [2.45, 2.75) is 185 Å². The second kappa shape index (κ2) is 19.0. The first-order chi connectivity index (χ1) is 29.0. The van der Waals surface area contributed by atoms with E-state index in [-0.39, 0.29) is 42.7 Å². The normalized spacial score (nSPS) is 47.1. The zero-order valence-corrected chi connectivity index (χ0v) is 37.5. The molecule has 4 saturated heterocycles. The summed E-state index contributed by atoms with van der Waals surface area (Å²) in [6.07, 6.45) is 7.54. The molecule has 3 N–H and O–H groups in total. The maximum atomic E-state index is 14.3. The number of methoxy groups -OCH3 is 2. The fraction of sp³-hybridized carbons (Fsp3) is 0.766. The number of carbonyl (C=O) groups is 1. The molecule has 0 aromatic rings. The first-order valence-electron chi connectivity index (χ1n) is 22.3. The molecule has 6 heterocycles. The molecular weight excluding hydrogens is 789 g/mol. The number of ether oxygens (including phenoxy) is 10. The molecule has 1 unspecified atom stereocenters. The summed E-state index contributed by atoms with van der Waals surface area (Å²) in [6.45, 7) is 16.0. The third kappa shape index (κ3) is 9.58. The quantitative estimate of drug-likeness (QED) is 0.231. The Hall–Kier alpha value is -2.31. The van der Waals surface area contributed by atoms with Crippen molar-refractivity contribution < 1.29 is 67.5 Å². The Balaban J connectivity index is 1.18. The summed E-state index contributed by atoms with van der Waals surface area (Å²) in [7, 11) is 3.22. The minimum Gasteiger partial charge on any atom is -0.462 e. The number of aliphatic hydroxyl groups is 3. The molecule has 4 fully saturated rings. The SMILES string of the molecule is CO[C@H]1C[C@H](O[C@H]2[C@H](C)O[C@@H](O[C@@H]3C(C)=CC[C@@H]4C[C@@H](C[C@]5(C=C[C@H](C)[C@@H](C(C)C)O5)O4)OC(=O)[C@@H]4C=C(C)[C@@H](O)C5OCC(=CC=C[C@@H]3C)[C@]54O)C[C@@H]2OC)O[C@@H](C)[C@@H]1O. The zero-order valence-electron chi connectivity index (χ0n) is 37.5. The summed E-state index contributed by atoms with van der Waals surface area (Å²) in [5, 5.41) is 34.2. The van der Waals surface area contributed by atoms with Gasteiger partial charge in [0.05, 0.1) is 49.3 Å². The maximum absolute atomic E-state index is 14.3. The topological polar surface area (TPSA) is 170 Å². The molecule has 342 valence electrons. The van der Waals surface area contributed by atoms with Gasteiger partial charge in [0.2, 0.25) is 0 Å². The van der Waals surface area contributed by atoms with Gasteiger partial charge in [0.15, 0.2) is 18.4 Å². The lowest BCUT2D eigenvalue weighted by molar-refractivity contribution is -0.318. The van der Waals surface area contributed by atoms with Crippen molar-refractivity contribution in [3.05, 3.63) is 59.3 Å². The molecule has 61 heavy (non-hydrogen) atoms. The Morgan fingerprint density at radius 2 is 1.56 bits per heavy atom. The van der Waals surface area contributed by atoms with E-state index in [1.165, 1.54) is 0 Å². The highest BCUT2D eigenvalue weighted by Crippen LogP contribution is 2.47. The molecule has 0 aromatic carbocycles. The van der Waals surface area contributed by atoms with E-state index in [0.29, 0.717) is 43.3 Å². The van der Waals surface area contributed by atoms with Crippen LogP contribution in [0.5, 0.6) is 0 Å². The molecule has 14 nitrogen and oxygen atoms in total. The molecule has 14 heteroatoms. The van der Waals surface area contributed by atoms with Crippen molar-refractivity contribution in [2.24, 2.45) is 23.7 Å². The highest BCUT2D eigenvalue weighted by atomic mass is 16.7. The third-order valence-electron chi connectivity index (χ3n) is 14.0. The molecule has 19 atom stereocenters. The van der Waals surface area contributed by atoms with Gasteiger partial charge in [-0.15, -0.1) is 0 Å². The molecule has 7 rings (SSSR count). The van der Waals surface area contributed by atoms with Crippen molar-refractivity contribution in [1.29, 1.82) is 0 Å². The molecule has 0 radical (unpaired) electrons. The van der Waals surface area contributed by atoms with Crippen LogP contribution in [0.3, 0.4) is 0 Å². The summed E-state index contributed by atoms with van der Waals surface area (Å²) in [4.78, 5) is 14.3. The Morgan fingerprint density at radius 1 is 0.852 bits per heavy atom. The number of rotatable bonds is 7. The Morgan fingerprint density at radius 3 is 2.28 bits per heavy atom. The number of aliphatic hydroxyl groups excluding tert-OH is 2. The predicted octanol–water partition coefficient (Wildman–Crippen LogP) is 4.99. The molecule has 1 aliphatic carbocycles. The number of hydrogen-bond acceptors (Lipinski definition) is 14. The van der Waals surface area contributed by atoms with Crippen LogP contribution in [-0.4, -0.2) is 139 Å². The lowest BCUT2D eigenvalue weighted by Gasteiger charge is -2.48. The number of hydrogen-bond donors (Lipinski definition) is 3. The zero-order chi connectivity index (χ0) is 44.0. The molecule has 0 amide bonds. The van der Waals surface area contributed by atoms with Gasteiger partial charge < -0.3 is 62.7 Å². The summed E-state index contributed by atoms with van der Waals surface area (Å²) in [6, 6.07) is 0. The van der Waals surface area contributed by atoms with Crippen molar-refractivity contribution in [1.82, 2.24) is 0 Å². The second-order valence-electron chi connectivity index (χ2n) is 18.8. The first-order valence-corrected chi connectivity index (χ1v) is 22.3. The standard InChI is InChI=1S/C47H70O14/c1-24(2)41-27(5)16-17-46(61-41)22-33-19-32(60-46)15-14-26(4)42(25(3)12-11-13-31-23-54-44-39(48)28(6)18-34(45(50)57-33)47(31,44)51)58-38-21-36(53-10)43(30(8)56-38)59-37-20-35(52-9)40(49)29(7)55-37/h11-14,16-18,24-25,27,29-30,32-44,48-49,51H,15,19-23H2,1-10H3/t25-,27-,29-,30-,32+,33-,34-,35-,36-,37-,38-,39+,40-,41+,42-,43-,44?,46+,47+/m0/s1. The fourth-order valence-corrected chi connectivity index (χ4v) is 10.4. The van der Waals surface area contributed by atoms with E-state index in [1.54, 1.807) is 40.2 Å². The molecule has 0 aromatic heterocycles. The van der Waals surface area contributed by atoms with Gasteiger partial charge in [0.25, 0.3) is 0 Å². The van der Waals surface area contributed by atoms with Crippen molar-refractivity contribution >= 4 is 5.97 Å². The Labute approximate surface area is 361 Å². The van der Waals surface area contributed by atoms with Gasteiger partial charge in [-0.1, -0.05) is 64.2 Å². The van der Waals surface area contributed by atoms with Crippen LogP contribution in [0.2, 0.25) is 0 Å². The van der Waals surface area contributed by atoms with E-state index < -0.39 is 90.8 Å². The Bertz CT molecular complexity index is 1710. The smallest absolute Gasteiger partial charge is 0.316 e. The van der Waals surface area contributed by atoms with Gasteiger partial charge in [0, 0.05) is 51.7 Å². The molecule has 0 saturated carbocycles. The molecule has 7 aliphatic rings. The lowest BCUT2D eigenvalue weighted by atomic mass is 9.71. The van der Waals surface area contributed by atoms with Crippen molar-refractivity contribution in [3.63, 3.8) is 0 Å². The van der Waals surface area contributed by atoms with Crippen LogP contribution in [-0.2, 0) is 52.2 Å². The summed E-state index contributed by atoms with van der Waals surface area (Å²) in [5.41, 5.74) is 0.129. The van der Waals surface area contributed by atoms with Crippen LogP contribution >= 0.6 is 0 Å². The minimum atomic E-state index is -1.83. The van der Waals surface area contributed by atoms with Gasteiger partial charge in [-0.3, -0.25) is 4.79 Å². The van der Waals surface area contributed by atoms with Crippen LogP contribution in [0.4, 0.5) is 0 Å². The predicted molar refractivity (Wildman–Crippen MR) is 223 cm³/mol. The average molecular weight is 859 g/mol. The number of fused-ring (bicyclic) bond motifs is 2. The number of allylic oxidation sites excluding steroid dienone is 2. The van der Waals surface area contributed by atoms with E-state index in [2.05, 4.69) is 39.8 Å². The third-order valence-corrected chi connectivity index (χ3v) is 14.0. The van der Waals surface area contributed by atoms with Gasteiger partial charge in [-0.05, 0) is 62.8 Å². The van der Waals surface area contributed by atoms with E-state index in [1.807, 2.05) is 32.1 Å². The van der Waals surface area contributed by atoms with Crippen LogP contribution in [0.1, 0.15) is 87.5 Å². The minimum absolute atomic E-state index is 0.0313. The maximum Gasteiger partial charge on any atom is 0.316 e. The molecule has 2 bridgehead atoms. The summed E-state index contributed by atoms with van der Waals surface area (Å²) < 4.78 is 63.5. The van der Waals surface area contributed by atoms with E-state index in [9.17, 15) is 20.1 Å². The lowest BCUT2D eigenvalue weighted by Crippen LogP contribution is -2.58. The largest absolute Gasteiger partial charge is 0.462 e. The second-order valence-corrected chi connectivity index (χ2v) is 18.8. The van der Waals surface area contributed by atoms with Crippen LogP contribution in [0.15, 0.2) is 59.3 Å². The van der Waals surface area contributed by atoms with E-state index in [0.717, 1.165) is 5.57 Å². The van der Waals surface area contributed by atoms with E-state index in [4.69, 9.17) is 47.4 Å². The first kappa shape index (κ1) is 46.7. The van der Waals surface area contributed by atoms with Gasteiger partial charge in [0.1, 0.15) is 42.0 Å². The molecular formula is C47H70O14. The highest BCUT2D eigenvalue weighted by Gasteiger charge is 2.60. The van der Waals surface area contributed by atoms with Crippen LogP contribution < -0.4 is 0 Å². The highest BCUT2D eigenvalue weighted by molar-refractivity contribution is 5.78. The Kier molecular flexibility index (Phi) is 14.6. The van der Waals surface area contributed by atoms with E-state index >= 15 is 0 Å². The van der Waals surface area contributed by atoms with Crippen molar-refractivity contribution in [3.8, 4) is 0 Å². The number of carbonyl (C=O) groups excluding carboxylic acids is 1. The molecule has 6 aliphatic heterocycles. The van der Waals surface area contributed by atoms with Gasteiger partial charge in [-0.25, -0.2) is 0 Å². The number of esters is 1. The monoisotopic (exact) mass is 858 g/mol. The van der Waals surface area contributed by atoms with Gasteiger partial charge in [-0.2, -0.15) is 0 Å². The summed E-state index contributed by atoms with van der Waals surface area (Å²) in [5.74, 6) is -2.62.